The van der Waals surface area contributed by atoms with Crippen molar-refractivity contribution >= 4 is 62.1 Å². The number of carbonyl (C=O) groups excluding carboxylic acids is 1. The van der Waals surface area contributed by atoms with Crippen LogP contribution < -0.4 is 11.1 Å². The van der Waals surface area contributed by atoms with Gasteiger partial charge in [-0.15, -0.1) is 0 Å². The summed E-state index contributed by atoms with van der Waals surface area (Å²) in [4.78, 5) is 12.4. The van der Waals surface area contributed by atoms with E-state index in [9.17, 15) is 17.6 Å². The number of anilines is 2. The highest BCUT2D eigenvalue weighted by Crippen LogP contribution is 2.32. The maximum absolute atomic E-state index is 13.3. The van der Waals surface area contributed by atoms with Crippen molar-refractivity contribution in [3.63, 3.8) is 0 Å². The van der Waals surface area contributed by atoms with Gasteiger partial charge in [0.25, 0.3) is 0 Å². The predicted octanol–water partition coefficient (Wildman–Crippen LogP) is 4.41. The molecule has 1 amide bonds. The summed E-state index contributed by atoms with van der Waals surface area (Å²) in [6.07, 6.45) is 0.660. The number of amides is 1. The van der Waals surface area contributed by atoms with Gasteiger partial charge < -0.3 is 11.1 Å². The van der Waals surface area contributed by atoms with Crippen LogP contribution in [0.25, 0.3) is 0 Å². The first kappa shape index (κ1) is 22.1. The van der Waals surface area contributed by atoms with Crippen molar-refractivity contribution in [1.29, 1.82) is 0 Å². The van der Waals surface area contributed by atoms with E-state index in [2.05, 4.69) is 5.32 Å². The van der Waals surface area contributed by atoms with Crippen molar-refractivity contribution in [3.05, 3.63) is 51.2 Å². The Morgan fingerprint density at radius 3 is 2.21 bits per heavy atom. The van der Waals surface area contributed by atoms with E-state index >= 15 is 0 Å². The minimum Gasteiger partial charge on any atom is -0.396 e. The highest BCUT2D eigenvalue weighted by molar-refractivity contribution is 7.89. The number of nitrogens with one attached hydrogen (secondary N) is 1. The van der Waals surface area contributed by atoms with Gasteiger partial charge in [0.15, 0.2) is 0 Å². The summed E-state index contributed by atoms with van der Waals surface area (Å²) in [5.74, 6) is -1.33. The fraction of sp³-hybridized carbons (Fsp3) is 0.278. The lowest BCUT2D eigenvalue weighted by atomic mass is 9.97. The molecule has 0 bridgehead atoms. The summed E-state index contributed by atoms with van der Waals surface area (Å²) < 4.78 is 40.0. The quantitative estimate of drug-likeness (QED) is 0.634. The molecule has 156 valence electrons. The minimum absolute atomic E-state index is 0.0852. The molecule has 0 atom stereocenters. The second-order valence-electron chi connectivity index (χ2n) is 6.60. The van der Waals surface area contributed by atoms with Crippen LogP contribution in [0.1, 0.15) is 12.8 Å². The largest absolute Gasteiger partial charge is 0.396 e. The Bertz CT molecular complexity index is 1030. The van der Waals surface area contributed by atoms with E-state index in [0.29, 0.717) is 18.5 Å². The van der Waals surface area contributed by atoms with Gasteiger partial charge in [0.2, 0.25) is 15.9 Å². The molecule has 1 aliphatic heterocycles. The Labute approximate surface area is 182 Å². The van der Waals surface area contributed by atoms with E-state index in [-0.39, 0.29) is 50.6 Å². The number of hydrogen-bond acceptors (Lipinski definition) is 4. The zero-order valence-corrected chi connectivity index (χ0v) is 18.0. The van der Waals surface area contributed by atoms with E-state index in [1.165, 1.54) is 22.5 Å². The number of halogens is 4. The van der Waals surface area contributed by atoms with Gasteiger partial charge in [0, 0.05) is 24.7 Å². The summed E-state index contributed by atoms with van der Waals surface area (Å²) in [6, 6.07) is 6.26. The third-order valence-corrected chi connectivity index (χ3v) is 7.51. The third-order valence-electron chi connectivity index (χ3n) is 4.70. The minimum atomic E-state index is -3.82. The molecule has 2 aromatic carbocycles. The van der Waals surface area contributed by atoms with Gasteiger partial charge in [0.1, 0.15) is 5.82 Å². The van der Waals surface area contributed by atoms with Gasteiger partial charge >= 0.3 is 0 Å². The van der Waals surface area contributed by atoms with Crippen molar-refractivity contribution in [3.8, 4) is 0 Å². The molecule has 0 saturated carbocycles. The number of nitrogens with zero attached hydrogens (tertiary/aromatic N) is 1. The van der Waals surface area contributed by atoms with Crippen molar-refractivity contribution < 1.29 is 17.6 Å². The molecule has 0 spiro atoms. The Balaban J connectivity index is 1.65. The van der Waals surface area contributed by atoms with E-state index < -0.39 is 15.8 Å². The molecule has 29 heavy (non-hydrogen) atoms. The number of piperidine rings is 1. The summed E-state index contributed by atoms with van der Waals surface area (Å²) >= 11 is 17.6. The molecule has 0 aliphatic carbocycles. The van der Waals surface area contributed by atoms with Crippen LogP contribution in [-0.4, -0.2) is 31.7 Å². The number of hydrogen-bond donors (Lipinski definition) is 2. The molecular formula is C18H17Cl3FN3O3S. The maximum atomic E-state index is 13.3. The van der Waals surface area contributed by atoms with Crippen molar-refractivity contribution in [1.82, 2.24) is 4.31 Å². The lowest BCUT2D eigenvalue weighted by Crippen LogP contribution is -2.41. The number of benzene rings is 2. The fourth-order valence-electron chi connectivity index (χ4n) is 3.05. The van der Waals surface area contributed by atoms with Crippen LogP contribution in [0.5, 0.6) is 0 Å². The van der Waals surface area contributed by atoms with Crippen molar-refractivity contribution in [2.75, 3.05) is 24.1 Å². The second-order valence-corrected chi connectivity index (χ2v) is 9.76. The summed E-state index contributed by atoms with van der Waals surface area (Å²) in [5.41, 5.74) is 6.32. The van der Waals surface area contributed by atoms with Crippen LogP contribution in [0, 0.1) is 11.7 Å². The van der Waals surface area contributed by atoms with E-state index in [4.69, 9.17) is 40.5 Å². The van der Waals surface area contributed by atoms with Gasteiger partial charge in [-0.3, -0.25) is 4.79 Å². The van der Waals surface area contributed by atoms with Crippen LogP contribution in [0.3, 0.4) is 0 Å². The molecule has 11 heteroatoms. The van der Waals surface area contributed by atoms with Crippen LogP contribution in [-0.2, 0) is 14.8 Å². The fourth-order valence-corrected chi connectivity index (χ4v) is 5.27. The molecule has 0 radical (unpaired) electrons. The summed E-state index contributed by atoms with van der Waals surface area (Å²) in [7, 11) is -3.82. The van der Waals surface area contributed by atoms with Crippen LogP contribution in [0.2, 0.25) is 15.1 Å². The number of nitrogen functional groups attached to an aromatic ring is 1. The van der Waals surface area contributed by atoms with Crippen LogP contribution >= 0.6 is 34.8 Å². The lowest BCUT2D eigenvalue weighted by molar-refractivity contribution is -0.120. The molecule has 1 saturated heterocycles. The lowest BCUT2D eigenvalue weighted by Gasteiger charge is -2.30. The number of nitrogens with two attached hydrogens (primary N) is 1. The van der Waals surface area contributed by atoms with Gasteiger partial charge in [-0.05, 0) is 43.2 Å². The average Bonchev–Trinajstić information content (AvgIpc) is 2.68. The topological polar surface area (TPSA) is 92.5 Å². The van der Waals surface area contributed by atoms with Crippen LogP contribution in [0.4, 0.5) is 15.8 Å². The smallest absolute Gasteiger partial charge is 0.243 e. The Morgan fingerprint density at radius 2 is 1.66 bits per heavy atom. The predicted molar refractivity (Wildman–Crippen MR) is 112 cm³/mol. The van der Waals surface area contributed by atoms with Gasteiger partial charge in [-0.1, -0.05) is 34.8 Å². The van der Waals surface area contributed by atoms with E-state index in [0.717, 1.165) is 12.1 Å². The SMILES string of the molecule is Nc1c(Cl)cc(NC(=O)C2CCN(S(=O)(=O)c3ccc(F)c(Cl)c3)CC2)cc1Cl. The van der Waals surface area contributed by atoms with E-state index in [1.807, 2.05) is 0 Å². The molecule has 3 N–H and O–H groups in total. The van der Waals surface area contributed by atoms with Gasteiger partial charge in [-0.25, -0.2) is 12.8 Å². The Hall–Kier alpha value is -1.58. The molecule has 1 heterocycles. The maximum Gasteiger partial charge on any atom is 0.243 e. The molecule has 0 unspecified atom stereocenters. The van der Waals surface area contributed by atoms with Gasteiger partial charge in [0.05, 0.1) is 25.7 Å². The average molecular weight is 481 g/mol. The zero-order chi connectivity index (χ0) is 21.3. The van der Waals surface area contributed by atoms with Crippen LogP contribution in [0.15, 0.2) is 35.2 Å². The molecule has 1 fully saturated rings. The molecule has 2 aromatic rings. The normalized spacial score (nSPS) is 16.0. The first-order valence-corrected chi connectivity index (χ1v) is 11.2. The molecule has 6 nitrogen and oxygen atoms in total. The number of sulfonamides is 1. The summed E-state index contributed by atoms with van der Waals surface area (Å²) in [5, 5.41) is 2.92. The first-order chi connectivity index (χ1) is 13.6. The van der Waals surface area contributed by atoms with Gasteiger partial charge in [-0.2, -0.15) is 4.31 Å². The zero-order valence-electron chi connectivity index (χ0n) is 15.0. The standard InChI is InChI=1S/C18H17Cl3FN3O3S/c19-13-9-12(1-2-16(13)22)29(27,28)25-5-3-10(4-6-25)18(26)24-11-7-14(20)17(23)15(21)8-11/h1-2,7-10H,3-6,23H2,(H,24,26). The molecule has 3 rings (SSSR count). The second kappa shape index (κ2) is 8.65. The Morgan fingerprint density at radius 1 is 1.07 bits per heavy atom. The highest BCUT2D eigenvalue weighted by atomic mass is 35.5. The molecule has 0 aromatic heterocycles. The van der Waals surface area contributed by atoms with E-state index in [1.54, 1.807) is 0 Å². The van der Waals surface area contributed by atoms with Crippen molar-refractivity contribution in [2.24, 2.45) is 5.92 Å². The Kier molecular flexibility index (Phi) is 6.60. The monoisotopic (exact) mass is 479 g/mol. The third kappa shape index (κ3) is 4.78. The number of carbonyl (C=O) groups is 1. The highest BCUT2D eigenvalue weighted by Gasteiger charge is 2.32. The summed E-state index contributed by atoms with van der Waals surface area (Å²) in [6.45, 7) is 0.303. The molecular weight excluding hydrogens is 464 g/mol. The first-order valence-electron chi connectivity index (χ1n) is 8.60. The van der Waals surface area contributed by atoms with Crippen molar-refractivity contribution in [2.45, 2.75) is 17.7 Å². The molecule has 1 aliphatic rings. The number of rotatable bonds is 4.